The maximum atomic E-state index is 12.2. The van der Waals surface area contributed by atoms with Crippen LogP contribution in [0.25, 0.3) is 0 Å². The Morgan fingerprint density at radius 2 is 1.88 bits per heavy atom. The van der Waals surface area contributed by atoms with E-state index in [1.807, 2.05) is 24.3 Å². The lowest BCUT2D eigenvalue weighted by molar-refractivity contribution is -0.140. The zero-order valence-electron chi connectivity index (χ0n) is 14.1. The number of carbonyl (C=O) groups is 2. The van der Waals surface area contributed by atoms with Gasteiger partial charge in [0.1, 0.15) is 6.04 Å². The number of aliphatic carboxylic acids is 1. The first kappa shape index (κ1) is 17.5. The molecule has 1 amide bonds. The van der Waals surface area contributed by atoms with E-state index in [9.17, 15) is 9.59 Å². The van der Waals surface area contributed by atoms with Crippen molar-refractivity contribution in [2.75, 3.05) is 23.3 Å². The van der Waals surface area contributed by atoms with E-state index in [1.165, 1.54) is 24.0 Å². The Balaban J connectivity index is 2.06. The minimum Gasteiger partial charge on any atom is -0.480 e. The molecule has 7 heteroatoms. The summed E-state index contributed by atoms with van der Waals surface area (Å²) < 4.78 is 1.25. The minimum atomic E-state index is -1.00. The van der Waals surface area contributed by atoms with Gasteiger partial charge < -0.3 is 15.3 Å². The summed E-state index contributed by atoms with van der Waals surface area (Å²) in [5, 5.41) is 15.7. The van der Waals surface area contributed by atoms with Crippen molar-refractivity contribution >= 4 is 23.3 Å². The Morgan fingerprint density at radius 3 is 2.42 bits per heavy atom. The molecule has 0 saturated heterocycles. The SMILES string of the molecule is CCN(CC)c1ccc(NC(=O)c2cnn(C(C)C(=O)O)c2)cc1. The number of hydrogen-bond donors (Lipinski definition) is 2. The molecule has 1 heterocycles. The van der Waals surface area contributed by atoms with Crippen LogP contribution >= 0.6 is 0 Å². The van der Waals surface area contributed by atoms with E-state index >= 15 is 0 Å². The van der Waals surface area contributed by atoms with Crippen LogP contribution in [0.5, 0.6) is 0 Å². The number of hydrogen-bond acceptors (Lipinski definition) is 4. The van der Waals surface area contributed by atoms with E-state index in [2.05, 4.69) is 29.2 Å². The van der Waals surface area contributed by atoms with Crippen LogP contribution in [0, 0.1) is 0 Å². The van der Waals surface area contributed by atoms with E-state index < -0.39 is 12.0 Å². The summed E-state index contributed by atoms with van der Waals surface area (Å²) in [6.07, 6.45) is 2.79. The maximum absolute atomic E-state index is 12.2. The molecule has 0 aliphatic rings. The van der Waals surface area contributed by atoms with Crippen LogP contribution in [0.3, 0.4) is 0 Å². The molecule has 0 fully saturated rings. The smallest absolute Gasteiger partial charge is 0.328 e. The third-order valence-corrected chi connectivity index (χ3v) is 3.87. The number of amides is 1. The Labute approximate surface area is 140 Å². The Hall–Kier alpha value is -2.83. The van der Waals surface area contributed by atoms with Gasteiger partial charge in [0.25, 0.3) is 5.91 Å². The molecule has 2 rings (SSSR count). The van der Waals surface area contributed by atoms with E-state index in [0.717, 1.165) is 18.8 Å². The van der Waals surface area contributed by atoms with Crippen LogP contribution in [-0.4, -0.2) is 39.9 Å². The lowest BCUT2D eigenvalue weighted by Gasteiger charge is -2.21. The molecule has 0 bridgehead atoms. The summed E-state index contributed by atoms with van der Waals surface area (Å²) >= 11 is 0. The van der Waals surface area contributed by atoms with Crippen molar-refractivity contribution < 1.29 is 14.7 Å². The summed E-state index contributed by atoms with van der Waals surface area (Å²) in [6.45, 7) is 7.53. The molecule has 2 aromatic rings. The van der Waals surface area contributed by atoms with Crippen molar-refractivity contribution in [2.24, 2.45) is 0 Å². The van der Waals surface area contributed by atoms with Crippen molar-refractivity contribution in [1.29, 1.82) is 0 Å². The zero-order valence-corrected chi connectivity index (χ0v) is 14.1. The van der Waals surface area contributed by atoms with E-state index in [4.69, 9.17) is 5.11 Å². The molecule has 1 atom stereocenters. The molecule has 2 N–H and O–H groups in total. The molecule has 7 nitrogen and oxygen atoms in total. The van der Waals surface area contributed by atoms with Gasteiger partial charge in [0, 0.05) is 30.7 Å². The number of aromatic nitrogens is 2. The maximum Gasteiger partial charge on any atom is 0.328 e. The fourth-order valence-electron chi connectivity index (χ4n) is 2.33. The van der Waals surface area contributed by atoms with Gasteiger partial charge in [0.05, 0.1) is 11.8 Å². The number of carboxylic acid groups (broad SMARTS) is 1. The zero-order chi connectivity index (χ0) is 17.7. The highest BCUT2D eigenvalue weighted by atomic mass is 16.4. The first-order valence-corrected chi connectivity index (χ1v) is 7.89. The Kier molecular flexibility index (Phi) is 5.57. The molecular formula is C17H22N4O3. The van der Waals surface area contributed by atoms with Crippen molar-refractivity contribution in [2.45, 2.75) is 26.8 Å². The molecule has 24 heavy (non-hydrogen) atoms. The van der Waals surface area contributed by atoms with Crippen molar-refractivity contribution in [3.8, 4) is 0 Å². The summed E-state index contributed by atoms with van der Waals surface area (Å²) in [5.41, 5.74) is 2.09. The monoisotopic (exact) mass is 330 g/mol. The second-order valence-electron chi connectivity index (χ2n) is 5.40. The van der Waals surface area contributed by atoms with Gasteiger partial charge >= 0.3 is 5.97 Å². The predicted molar refractivity (Wildman–Crippen MR) is 92.5 cm³/mol. The first-order valence-electron chi connectivity index (χ1n) is 7.89. The lowest BCUT2D eigenvalue weighted by Crippen LogP contribution is -2.21. The molecule has 128 valence electrons. The van der Waals surface area contributed by atoms with Gasteiger partial charge in [0.2, 0.25) is 0 Å². The van der Waals surface area contributed by atoms with E-state index in [-0.39, 0.29) is 5.91 Å². The molecule has 1 aromatic carbocycles. The van der Waals surface area contributed by atoms with Gasteiger partial charge in [-0.05, 0) is 45.0 Å². The summed E-state index contributed by atoms with van der Waals surface area (Å²) in [6, 6.07) is 6.78. The van der Waals surface area contributed by atoms with Crippen molar-refractivity contribution in [3.05, 3.63) is 42.2 Å². The molecule has 1 aromatic heterocycles. The molecule has 0 aliphatic carbocycles. The van der Waals surface area contributed by atoms with Crippen molar-refractivity contribution in [1.82, 2.24) is 9.78 Å². The number of rotatable bonds is 7. The van der Waals surface area contributed by atoms with Crippen LogP contribution in [0.2, 0.25) is 0 Å². The Bertz CT molecular complexity index is 705. The average Bonchev–Trinajstić information content (AvgIpc) is 3.06. The average molecular weight is 330 g/mol. The normalized spacial score (nSPS) is 11.8. The summed E-state index contributed by atoms with van der Waals surface area (Å²) in [4.78, 5) is 25.4. The number of anilines is 2. The highest BCUT2D eigenvalue weighted by molar-refractivity contribution is 6.04. The van der Waals surface area contributed by atoms with Gasteiger partial charge in [-0.3, -0.25) is 9.48 Å². The van der Waals surface area contributed by atoms with Crippen LogP contribution < -0.4 is 10.2 Å². The highest BCUT2D eigenvalue weighted by Crippen LogP contribution is 2.18. The molecule has 1 unspecified atom stereocenters. The standard InChI is InChI=1S/C17H22N4O3/c1-4-20(5-2)15-8-6-14(7-9-15)19-16(22)13-10-18-21(11-13)12(3)17(23)24/h6-12H,4-5H2,1-3H3,(H,19,22)(H,23,24). The third-order valence-electron chi connectivity index (χ3n) is 3.87. The molecular weight excluding hydrogens is 308 g/mol. The fourth-order valence-corrected chi connectivity index (χ4v) is 2.33. The number of nitrogens with zero attached hydrogens (tertiary/aromatic N) is 3. The topological polar surface area (TPSA) is 87.5 Å². The Morgan fingerprint density at radius 1 is 1.25 bits per heavy atom. The quantitative estimate of drug-likeness (QED) is 0.815. The first-order chi connectivity index (χ1) is 11.5. The van der Waals surface area contributed by atoms with Crippen LogP contribution in [0.1, 0.15) is 37.2 Å². The second-order valence-corrected chi connectivity index (χ2v) is 5.40. The van der Waals surface area contributed by atoms with E-state index in [1.54, 1.807) is 0 Å². The van der Waals surface area contributed by atoms with E-state index in [0.29, 0.717) is 11.3 Å². The molecule has 0 aliphatic heterocycles. The molecule has 0 spiro atoms. The van der Waals surface area contributed by atoms with Crippen molar-refractivity contribution in [3.63, 3.8) is 0 Å². The van der Waals surface area contributed by atoms with Gasteiger partial charge in [-0.2, -0.15) is 5.10 Å². The van der Waals surface area contributed by atoms with Gasteiger partial charge in [-0.25, -0.2) is 4.79 Å². The lowest BCUT2D eigenvalue weighted by atomic mass is 10.2. The number of benzene rings is 1. The summed E-state index contributed by atoms with van der Waals surface area (Å²) in [7, 11) is 0. The largest absolute Gasteiger partial charge is 0.480 e. The van der Waals surface area contributed by atoms with Gasteiger partial charge in [0.15, 0.2) is 0 Å². The molecule has 0 radical (unpaired) electrons. The van der Waals surface area contributed by atoms with Gasteiger partial charge in [-0.1, -0.05) is 0 Å². The minimum absolute atomic E-state index is 0.316. The molecule has 0 saturated carbocycles. The van der Waals surface area contributed by atoms with Crippen LogP contribution in [0.4, 0.5) is 11.4 Å². The predicted octanol–water partition coefficient (Wildman–Crippen LogP) is 2.63. The van der Waals surface area contributed by atoms with Crippen LogP contribution in [-0.2, 0) is 4.79 Å². The second kappa shape index (κ2) is 7.63. The third kappa shape index (κ3) is 3.92. The number of carboxylic acids is 1. The van der Waals surface area contributed by atoms with Crippen LogP contribution in [0.15, 0.2) is 36.7 Å². The van der Waals surface area contributed by atoms with Gasteiger partial charge in [-0.15, -0.1) is 0 Å². The highest BCUT2D eigenvalue weighted by Gasteiger charge is 2.16. The fraction of sp³-hybridized carbons (Fsp3) is 0.353. The summed E-state index contributed by atoms with van der Waals surface area (Å²) in [5.74, 6) is -1.33. The number of nitrogens with one attached hydrogen (secondary N) is 1. The number of carbonyl (C=O) groups excluding carboxylic acids is 1.